The zero-order valence-corrected chi connectivity index (χ0v) is 8.96. The minimum absolute atomic E-state index is 0.130. The van der Waals surface area contributed by atoms with Crippen LogP contribution in [-0.2, 0) is 9.84 Å². The number of nitriles is 1. The second kappa shape index (κ2) is 3.54. The quantitative estimate of drug-likeness (QED) is 0.696. The van der Waals surface area contributed by atoms with E-state index < -0.39 is 9.84 Å². The number of hydrogen-bond donors (Lipinski definition) is 0. The highest BCUT2D eigenvalue weighted by Crippen LogP contribution is 2.43. The van der Waals surface area contributed by atoms with Crippen molar-refractivity contribution in [3.8, 4) is 6.07 Å². The van der Waals surface area contributed by atoms with Gasteiger partial charge in [0.2, 0.25) is 0 Å². The first-order valence-electron chi connectivity index (χ1n) is 5.22. The first kappa shape index (κ1) is 9.97. The van der Waals surface area contributed by atoms with Crippen LogP contribution in [0.1, 0.15) is 25.7 Å². The SMILES string of the molecule is N#CC(C1CC1)C1CCS(=O)(=O)CC1. The van der Waals surface area contributed by atoms with Gasteiger partial charge in [0.1, 0.15) is 9.84 Å². The Balaban J connectivity index is 1.97. The van der Waals surface area contributed by atoms with Gasteiger partial charge in [0.05, 0.1) is 23.5 Å². The van der Waals surface area contributed by atoms with Gasteiger partial charge in [0, 0.05) is 0 Å². The molecule has 1 atom stereocenters. The Kier molecular flexibility index (Phi) is 2.52. The Bertz CT molecular complexity index is 337. The van der Waals surface area contributed by atoms with Gasteiger partial charge >= 0.3 is 0 Å². The lowest BCUT2D eigenvalue weighted by molar-refractivity contribution is 0.337. The van der Waals surface area contributed by atoms with Gasteiger partial charge in [0.15, 0.2) is 0 Å². The van der Waals surface area contributed by atoms with Gasteiger partial charge in [0.25, 0.3) is 0 Å². The number of hydrogen-bond acceptors (Lipinski definition) is 3. The van der Waals surface area contributed by atoms with E-state index in [9.17, 15) is 8.42 Å². The van der Waals surface area contributed by atoms with Crippen molar-refractivity contribution < 1.29 is 8.42 Å². The summed E-state index contributed by atoms with van der Waals surface area (Å²) < 4.78 is 22.4. The molecule has 1 aliphatic heterocycles. The molecule has 1 saturated heterocycles. The van der Waals surface area contributed by atoms with E-state index >= 15 is 0 Å². The zero-order chi connectivity index (χ0) is 10.2. The highest BCUT2D eigenvalue weighted by molar-refractivity contribution is 7.91. The molecular weight excluding hydrogens is 198 g/mol. The predicted octanol–water partition coefficient (Wildman–Crippen LogP) is 1.36. The second-order valence-electron chi connectivity index (χ2n) is 4.48. The molecule has 4 heteroatoms. The lowest BCUT2D eigenvalue weighted by Crippen LogP contribution is -2.28. The maximum atomic E-state index is 11.2. The zero-order valence-electron chi connectivity index (χ0n) is 8.15. The molecule has 0 aromatic carbocycles. The molecule has 2 fully saturated rings. The molecule has 0 aromatic rings. The molecule has 0 bridgehead atoms. The third kappa shape index (κ3) is 2.09. The monoisotopic (exact) mass is 213 g/mol. The van der Waals surface area contributed by atoms with Gasteiger partial charge in [-0.1, -0.05) is 0 Å². The molecule has 0 aromatic heterocycles. The van der Waals surface area contributed by atoms with E-state index in [2.05, 4.69) is 6.07 Å². The minimum Gasteiger partial charge on any atom is -0.229 e. The van der Waals surface area contributed by atoms with Crippen molar-refractivity contribution in [2.75, 3.05) is 11.5 Å². The molecule has 1 saturated carbocycles. The average Bonchev–Trinajstić information content (AvgIpc) is 2.93. The van der Waals surface area contributed by atoms with Crippen LogP contribution >= 0.6 is 0 Å². The molecule has 1 unspecified atom stereocenters. The van der Waals surface area contributed by atoms with Crippen LogP contribution in [0.4, 0.5) is 0 Å². The molecule has 14 heavy (non-hydrogen) atoms. The summed E-state index contributed by atoms with van der Waals surface area (Å²) in [5.41, 5.74) is 0. The van der Waals surface area contributed by atoms with E-state index in [-0.39, 0.29) is 5.92 Å². The van der Waals surface area contributed by atoms with Crippen molar-refractivity contribution >= 4 is 9.84 Å². The minimum atomic E-state index is -2.77. The summed E-state index contributed by atoms with van der Waals surface area (Å²) in [6.45, 7) is 0. The molecule has 2 rings (SSSR count). The summed E-state index contributed by atoms with van der Waals surface area (Å²) in [5.74, 6) is 1.64. The summed E-state index contributed by atoms with van der Waals surface area (Å²) in [6, 6.07) is 2.37. The topological polar surface area (TPSA) is 57.9 Å². The van der Waals surface area contributed by atoms with Crippen LogP contribution in [0, 0.1) is 29.1 Å². The van der Waals surface area contributed by atoms with Crippen molar-refractivity contribution in [1.82, 2.24) is 0 Å². The van der Waals surface area contributed by atoms with Crippen LogP contribution in [0.25, 0.3) is 0 Å². The van der Waals surface area contributed by atoms with Crippen molar-refractivity contribution in [1.29, 1.82) is 5.26 Å². The van der Waals surface area contributed by atoms with Gasteiger partial charge in [-0.25, -0.2) is 8.42 Å². The van der Waals surface area contributed by atoms with Crippen LogP contribution in [-0.4, -0.2) is 19.9 Å². The first-order valence-corrected chi connectivity index (χ1v) is 7.04. The van der Waals surface area contributed by atoms with Crippen molar-refractivity contribution in [3.63, 3.8) is 0 Å². The Morgan fingerprint density at radius 3 is 2.00 bits per heavy atom. The Labute approximate surface area is 85.0 Å². The maximum absolute atomic E-state index is 11.2. The van der Waals surface area contributed by atoms with E-state index in [1.54, 1.807) is 0 Å². The summed E-state index contributed by atoms with van der Waals surface area (Å²) in [5, 5.41) is 9.02. The van der Waals surface area contributed by atoms with Gasteiger partial charge in [-0.15, -0.1) is 0 Å². The first-order chi connectivity index (χ1) is 6.62. The largest absolute Gasteiger partial charge is 0.229 e. The summed E-state index contributed by atoms with van der Waals surface area (Å²) in [7, 11) is -2.77. The summed E-state index contributed by atoms with van der Waals surface area (Å²) in [4.78, 5) is 0. The van der Waals surface area contributed by atoms with Crippen molar-refractivity contribution in [3.05, 3.63) is 0 Å². The second-order valence-corrected chi connectivity index (χ2v) is 6.79. The third-order valence-electron chi connectivity index (χ3n) is 3.39. The van der Waals surface area contributed by atoms with Crippen molar-refractivity contribution in [2.24, 2.45) is 17.8 Å². The fourth-order valence-electron chi connectivity index (χ4n) is 2.32. The molecule has 0 spiro atoms. The molecule has 1 aliphatic carbocycles. The lowest BCUT2D eigenvalue weighted by atomic mass is 9.85. The molecule has 1 heterocycles. The fourth-order valence-corrected chi connectivity index (χ4v) is 3.85. The number of sulfone groups is 1. The van der Waals surface area contributed by atoms with Crippen LogP contribution in [0.2, 0.25) is 0 Å². The van der Waals surface area contributed by atoms with Crippen LogP contribution < -0.4 is 0 Å². The Hall–Kier alpha value is -0.560. The maximum Gasteiger partial charge on any atom is 0.150 e. The number of rotatable bonds is 2. The van der Waals surface area contributed by atoms with Gasteiger partial charge in [-0.05, 0) is 37.5 Å². The third-order valence-corrected chi connectivity index (χ3v) is 5.10. The normalized spacial score (nSPS) is 29.4. The summed E-state index contributed by atoms with van der Waals surface area (Å²) in [6.07, 6.45) is 3.75. The van der Waals surface area contributed by atoms with E-state index in [0.717, 1.165) is 0 Å². The van der Waals surface area contributed by atoms with Crippen LogP contribution in [0.15, 0.2) is 0 Å². The van der Waals surface area contributed by atoms with E-state index in [1.807, 2.05) is 0 Å². The highest BCUT2D eigenvalue weighted by Gasteiger charge is 2.38. The molecule has 78 valence electrons. The predicted molar refractivity (Wildman–Crippen MR) is 53.2 cm³/mol. The molecule has 0 radical (unpaired) electrons. The van der Waals surface area contributed by atoms with Gasteiger partial charge in [-0.2, -0.15) is 5.26 Å². The van der Waals surface area contributed by atoms with Crippen molar-refractivity contribution in [2.45, 2.75) is 25.7 Å². The fraction of sp³-hybridized carbons (Fsp3) is 0.900. The van der Waals surface area contributed by atoms with E-state index in [0.29, 0.717) is 36.2 Å². The average molecular weight is 213 g/mol. The molecule has 2 aliphatic rings. The smallest absolute Gasteiger partial charge is 0.150 e. The highest BCUT2D eigenvalue weighted by atomic mass is 32.2. The number of nitrogens with zero attached hydrogens (tertiary/aromatic N) is 1. The standard InChI is InChI=1S/C10H15NO2S/c11-7-10(8-1-2-8)9-3-5-14(12,13)6-4-9/h8-10H,1-6H2. The molecular formula is C10H15NO2S. The lowest BCUT2D eigenvalue weighted by Gasteiger charge is -2.25. The Morgan fingerprint density at radius 2 is 1.57 bits per heavy atom. The van der Waals surface area contributed by atoms with Crippen LogP contribution in [0.5, 0.6) is 0 Å². The van der Waals surface area contributed by atoms with Gasteiger partial charge < -0.3 is 0 Å². The van der Waals surface area contributed by atoms with E-state index in [1.165, 1.54) is 12.8 Å². The molecule has 3 nitrogen and oxygen atoms in total. The molecule has 0 amide bonds. The summed E-state index contributed by atoms with van der Waals surface area (Å²) >= 11 is 0. The van der Waals surface area contributed by atoms with E-state index in [4.69, 9.17) is 5.26 Å². The molecule has 0 N–H and O–H groups in total. The van der Waals surface area contributed by atoms with Gasteiger partial charge in [-0.3, -0.25) is 0 Å². The van der Waals surface area contributed by atoms with Crippen LogP contribution in [0.3, 0.4) is 0 Å². The Morgan fingerprint density at radius 1 is 1.07 bits per heavy atom.